The van der Waals surface area contributed by atoms with Crippen molar-refractivity contribution in [2.75, 3.05) is 37.6 Å². The van der Waals surface area contributed by atoms with E-state index in [1.54, 1.807) is 12.4 Å². The number of pyridine rings is 1. The van der Waals surface area contributed by atoms with Crippen molar-refractivity contribution in [2.24, 2.45) is 0 Å². The van der Waals surface area contributed by atoms with Gasteiger partial charge >= 0.3 is 0 Å². The summed E-state index contributed by atoms with van der Waals surface area (Å²) < 4.78 is 4.47. The second-order valence-corrected chi connectivity index (χ2v) is 8.10. The Morgan fingerprint density at radius 2 is 1.74 bits per heavy atom. The summed E-state index contributed by atoms with van der Waals surface area (Å²) in [5.74, 6) is 0.690. The van der Waals surface area contributed by atoms with E-state index in [1.807, 2.05) is 18.2 Å². The first-order chi connectivity index (χ1) is 13.2. The minimum absolute atomic E-state index is 0.596. The molecule has 0 unspecified atom stereocenters. The number of aromatic nitrogens is 3. The van der Waals surface area contributed by atoms with Crippen molar-refractivity contribution < 1.29 is 0 Å². The van der Waals surface area contributed by atoms with Crippen molar-refractivity contribution in [3.63, 3.8) is 0 Å². The molecule has 1 fully saturated rings. The highest BCUT2D eigenvalue weighted by Gasteiger charge is 2.20. The van der Waals surface area contributed by atoms with Crippen LogP contribution < -0.4 is 4.90 Å². The molecule has 0 atom stereocenters. The summed E-state index contributed by atoms with van der Waals surface area (Å²) in [5.41, 5.74) is 2.18. The minimum atomic E-state index is 0.596. The lowest BCUT2D eigenvalue weighted by atomic mass is 10.1. The van der Waals surface area contributed by atoms with E-state index in [0.717, 1.165) is 54.9 Å². The number of halogens is 2. The molecule has 140 valence electrons. The molecule has 3 heterocycles. The molecule has 0 N–H and O–H groups in total. The molecule has 1 aliphatic heterocycles. The van der Waals surface area contributed by atoms with E-state index in [9.17, 15) is 0 Å². The number of anilines is 1. The Hall–Kier alpha value is -1.73. The molecule has 5 nitrogen and oxygen atoms in total. The Labute approximate surface area is 172 Å². The van der Waals surface area contributed by atoms with Crippen molar-refractivity contribution >= 4 is 39.9 Å². The molecule has 0 bridgehead atoms. The maximum absolute atomic E-state index is 6.01. The lowest BCUT2D eigenvalue weighted by molar-refractivity contribution is 0.261. The number of hydrogen-bond donors (Lipinski definition) is 0. The number of nitrogens with zero attached hydrogens (tertiary/aromatic N) is 5. The Bertz CT molecular complexity index is 891. The topological polar surface area (TPSA) is 45.2 Å². The van der Waals surface area contributed by atoms with Gasteiger partial charge in [-0.3, -0.25) is 9.88 Å². The van der Waals surface area contributed by atoms with Crippen LogP contribution in [0.1, 0.15) is 5.56 Å². The minimum Gasteiger partial charge on any atom is -0.344 e. The predicted octanol–water partition coefficient (Wildman–Crippen LogP) is 4.27. The van der Waals surface area contributed by atoms with Gasteiger partial charge in [-0.15, -0.1) is 0 Å². The Morgan fingerprint density at radius 3 is 2.48 bits per heavy atom. The van der Waals surface area contributed by atoms with E-state index >= 15 is 0 Å². The van der Waals surface area contributed by atoms with Crippen molar-refractivity contribution in [2.45, 2.75) is 6.42 Å². The first-order valence-electron chi connectivity index (χ1n) is 8.84. The number of benzene rings is 1. The Morgan fingerprint density at radius 1 is 0.963 bits per heavy atom. The van der Waals surface area contributed by atoms with Crippen LogP contribution in [0.5, 0.6) is 0 Å². The highest BCUT2D eigenvalue weighted by molar-refractivity contribution is 7.09. The first kappa shape index (κ1) is 18.6. The third-order valence-electron chi connectivity index (χ3n) is 4.65. The average Bonchev–Trinajstić information content (AvgIpc) is 3.18. The van der Waals surface area contributed by atoms with Crippen LogP contribution in [0.3, 0.4) is 0 Å². The van der Waals surface area contributed by atoms with Gasteiger partial charge in [0.05, 0.1) is 5.02 Å². The van der Waals surface area contributed by atoms with Crippen LogP contribution in [-0.2, 0) is 6.42 Å². The fourth-order valence-corrected chi connectivity index (χ4v) is 4.14. The van der Waals surface area contributed by atoms with E-state index in [-0.39, 0.29) is 0 Å². The third kappa shape index (κ3) is 4.76. The van der Waals surface area contributed by atoms with E-state index in [4.69, 9.17) is 23.2 Å². The largest absolute Gasteiger partial charge is 0.344 e. The molecule has 27 heavy (non-hydrogen) atoms. The Kier molecular flexibility index (Phi) is 5.88. The third-order valence-corrected chi connectivity index (χ3v) is 5.89. The van der Waals surface area contributed by atoms with Crippen LogP contribution in [0, 0.1) is 0 Å². The summed E-state index contributed by atoms with van der Waals surface area (Å²) in [7, 11) is 0. The van der Waals surface area contributed by atoms with Gasteiger partial charge in [-0.25, -0.2) is 0 Å². The van der Waals surface area contributed by atoms with Gasteiger partial charge in [-0.2, -0.15) is 9.36 Å². The molecule has 0 spiro atoms. The van der Waals surface area contributed by atoms with Gasteiger partial charge in [0.1, 0.15) is 0 Å². The number of piperazine rings is 1. The van der Waals surface area contributed by atoms with Gasteiger partial charge in [0.2, 0.25) is 5.13 Å². The maximum atomic E-state index is 6.01. The molecule has 1 saturated heterocycles. The van der Waals surface area contributed by atoms with Gasteiger partial charge in [0.15, 0.2) is 5.82 Å². The molecule has 2 aromatic heterocycles. The van der Waals surface area contributed by atoms with Crippen LogP contribution in [0.15, 0.2) is 42.7 Å². The molecule has 8 heteroatoms. The lowest BCUT2D eigenvalue weighted by Crippen LogP contribution is -2.47. The van der Waals surface area contributed by atoms with Crippen LogP contribution in [0.2, 0.25) is 10.0 Å². The summed E-state index contributed by atoms with van der Waals surface area (Å²) in [4.78, 5) is 13.6. The average molecular weight is 420 g/mol. The summed E-state index contributed by atoms with van der Waals surface area (Å²) >= 11 is 13.4. The monoisotopic (exact) mass is 419 g/mol. The lowest BCUT2D eigenvalue weighted by Gasteiger charge is -2.34. The molecule has 0 amide bonds. The second-order valence-electron chi connectivity index (χ2n) is 6.50. The molecule has 3 aromatic rings. The zero-order valence-electron chi connectivity index (χ0n) is 14.7. The molecule has 4 rings (SSSR count). The van der Waals surface area contributed by atoms with Crippen LogP contribution in [0.4, 0.5) is 5.13 Å². The van der Waals surface area contributed by atoms with E-state index in [0.29, 0.717) is 10.8 Å². The zero-order chi connectivity index (χ0) is 18.6. The highest BCUT2D eigenvalue weighted by atomic mass is 35.5. The van der Waals surface area contributed by atoms with Crippen molar-refractivity contribution in [1.82, 2.24) is 19.2 Å². The van der Waals surface area contributed by atoms with Crippen molar-refractivity contribution in [1.29, 1.82) is 0 Å². The van der Waals surface area contributed by atoms with Gasteiger partial charge < -0.3 is 4.90 Å². The normalized spacial score (nSPS) is 15.3. The molecule has 0 saturated carbocycles. The summed E-state index contributed by atoms with van der Waals surface area (Å²) in [5, 5.41) is 2.35. The van der Waals surface area contributed by atoms with E-state index in [1.165, 1.54) is 17.1 Å². The summed E-state index contributed by atoms with van der Waals surface area (Å²) in [6.45, 7) is 5.04. The molecular weight excluding hydrogens is 401 g/mol. The molecule has 1 aromatic carbocycles. The zero-order valence-corrected chi connectivity index (χ0v) is 17.0. The standard InChI is InChI=1S/C19H19Cl2N5S/c20-16-3-1-14(2-4-16)5-6-25-7-9-26(10-8-25)19-23-18(24-27-19)15-11-17(21)13-22-12-15/h1-4,11-13H,5-10H2. The highest BCUT2D eigenvalue weighted by Crippen LogP contribution is 2.25. The van der Waals surface area contributed by atoms with Gasteiger partial charge in [0.25, 0.3) is 0 Å². The van der Waals surface area contributed by atoms with Crippen molar-refractivity contribution in [3.05, 3.63) is 58.3 Å². The molecular formula is C19H19Cl2N5S. The fourth-order valence-electron chi connectivity index (χ4n) is 3.10. The quantitative estimate of drug-likeness (QED) is 0.617. The molecule has 1 aliphatic rings. The molecule has 0 aliphatic carbocycles. The second kappa shape index (κ2) is 8.52. The number of rotatable bonds is 5. The van der Waals surface area contributed by atoms with E-state index in [2.05, 4.69) is 36.3 Å². The molecule has 0 radical (unpaired) electrons. The van der Waals surface area contributed by atoms with Gasteiger partial charge in [-0.05, 0) is 30.2 Å². The Balaban J connectivity index is 1.31. The smallest absolute Gasteiger partial charge is 0.205 e. The number of hydrogen-bond acceptors (Lipinski definition) is 6. The van der Waals surface area contributed by atoms with E-state index < -0.39 is 0 Å². The summed E-state index contributed by atoms with van der Waals surface area (Å²) in [6, 6.07) is 9.96. The SMILES string of the molecule is Clc1ccc(CCN2CCN(c3nc(-c4cncc(Cl)c4)ns3)CC2)cc1. The van der Waals surface area contributed by atoms with Crippen molar-refractivity contribution in [3.8, 4) is 11.4 Å². The maximum Gasteiger partial charge on any atom is 0.205 e. The fraction of sp³-hybridized carbons (Fsp3) is 0.316. The van der Waals surface area contributed by atoms with Gasteiger partial charge in [0, 0.05) is 67.2 Å². The van der Waals surface area contributed by atoms with Crippen LogP contribution in [-0.4, -0.2) is 52.0 Å². The van der Waals surface area contributed by atoms with Crippen LogP contribution >= 0.6 is 34.7 Å². The van der Waals surface area contributed by atoms with Gasteiger partial charge in [-0.1, -0.05) is 35.3 Å². The first-order valence-corrected chi connectivity index (χ1v) is 10.4. The predicted molar refractivity (Wildman–Crippen MR) is 112 cm³/mol. The summed E-state index contributed by atoms with van der Waals surface area (Å²) in [6.07, 6.45) is 4.40. The van der Waals surface area contributed by atoms with Crippen LogP contribution in [0.25, 0.3) is 11.4 Å².